The Bertz CT molecular complexity index is 397. The van der Waals surface area contributed by atoms with Crippen molar-refractivity contribution in [1.82, 2.24) is 10.9 Å². The van der Waals surface area contributed by atoms with Crippen LogP contribution in [0.5, 0.6) is 0 Å². The van der Waals surface area contributed by atoms with Gasteiger partial charge in [-0.2, -0.15) is 0 Å². The lowest BCUT2D eigenvalue weighted by molar-refractivity contribution is -0.141. The van der Waals surface area contributed by atoms with Gasteiger partial charge in [-0.3, -0.25) is 15.6 Å². The van der Waals surface area contributed by atoms with Gasteiger partial charge in [0.2, 0.25) is 0 Å². The molecule has 0 amide bonds. The van der Waals surface area contributed by atoms with Gasteiger partial charge in [0.15, 0.2) is 0 Å². The van der Waals surface area contributed by atoms with E-state index >= 15 is 0 Å². The lowest BCUT2D eigenvalue weighted by atomic mass is 9.95. The third kappa shape index (κ3) is 2.20. The number of carbonyl (C=O) groups is 1. The van der Waals surface area contributed by atoms with Crippen LogP contribution >= 0.6 is 0 Å². The zero-order valence-corrected chi connectivity index (χ0v) is 8.61. The van der Waals surface area contributed by atoms with Crippen LogP contribution in [0.15, 0.2) is 24.3 Å². The minimum atomic E-state index is -0.862. The van der Waals surface area contributed by atoms with E-state index in [0.29, 0.717) is 18.5 Å². The van der Waals surface area contributed by atoms with Gasteiger partial charge in [0.1, 0.15) is 5.82 Å². The standard InChI is InChI=1S/C11H13FN2O2/c12-9-4-2-1-3-7(9)5-10-8(11(15)16)6-13-14-10/h1-4,8,10,13-14H,5-6H2,(H,15,16). The van der Waals surface area contributed by atoms with E-state index in [2.05, 4.69) is 10.9 Å². The van der Waals surface area contributed by atoms with Crippen molar-refractivity contribution < 1.29 is 14.3 Å². The van der Waals surface area contributed by atoms with Gasteiger partial charge in [-0.25, -0.2) is 4.39 Å². The number of hydrogen-bond acceptors (Lipinski definition) is 3. The van der Waals surface area contributed by atoms with E-state index in [9.17, 15) is 9.18 Å². The van der Waals surface area contributed by atoms with Gasteiger partial charge in [-0.15, -0.1) is 0 Å². The highest BCUT2D eigenvalue weighted by Crippen LogP contribution is 2.16. The largest absolute Gasteiger partial charge is 0.481 e. The summed E-state index contributed by atoms with van der Waals surface area (Å²) in [4.78, 5) is 10.9. The molecule has 2 rings (SSSR count). The van der Waals surface area contributed by atoms with Crippen LogP contribution in [0.4, 0.5) is 4.39 Å². The van der Waals surface area contributed by atoms with Crippen molar-refractivity contribution in [3.63, 3.8) is 0 Å². The molecule has 3 N–H and O–H groups in total. The summed E-state index contributed by atoms with van der Waals surface area (Å²) >= 11 is 0. The third-order valence-corrected chi connectivity index (χ3v) is 2.81. The fourth-order valence-corrected chi connectivity index (χ4v) is 1.90. The van der Waals surface area contributed by atoms with E-state index in [0.717, 1.165) is 0 Å². The van der Waals surface area contributed by atoms with Crippen molar-refractivity contribution in [2.24, 2.45) is 5.92 Å². The van der Waals surface area contributed by atoms with E-state index in [1.165, 1.54) is 6.07 Å². The van der Waals surface area contributed by atoms with Gasteiger partial charge in [0.05, 0.1) is 5.92 Å². The minimum Gasteiger partial charge on any atom is -0.481 e. The molecular formula is C11H13FN2O2. The second-order valence-corrected chi connectivity index (χ2v) is 3.87. The quantitative estimate of drug-likeness (QED) is 0.701. The fourth-order valence-electron chi connectivity index (χ4n) is 1.90. The highest BCUT2D eigenvalue weighted by atomic mass is 19.1. The average molecular weight is 224 g/mol. The van der Waals surface area contributed by atoms with Crippen LogP contribution in [0, 0.1) is 11.7 Å². The van der Waals surface area contributed by atoms with Gasteiger partial charge < -0.3 is 5.11 Å². The lowest BCUT2D eigenvalue weighted by Gasteiger charge is -2.14. The summed E-state index contributed by atoms with van der Waals surface area (Å²) in [5.74, 6) is -1.67. The predicted molar refractivity (Wildman–Crippen MR) is 56.2 cm³/mol. The molecule has 4 nitrogen and oxygen atoms in total. The molecule has 0 aromatic heterocycles. The Kier molecular flexibility index (Phi) is 3.17. The van der Waals surface area contributed by atoms with Gasteiger partial charge in [-0.1, -0.05) is 18.2 Å². The molecule has 1 heterocycles. The van der Waals surface area contributed by atoms with E-state index in [1.54, 1.807) is 18.2 Å². The Morgan fingerprint density at radius 1 is 1.50 bits per heavy atom. The Morgan fingerprint density at radius 3 is 2.94 bits per heavy atom. The maximum atomic E-state index is 13.4. The number of hydrogen-bond donors (Lipinski definition) is 3. The molecule has 1 aromatic rings. The average Bonchev–Trinajstić information content (AvgIpc) is 2.69. The molecule has 2 atom stereocenters. The molecule has 2 unspecified atom stereocenters. The molecule has 0 aliphatic carbocycles. The molecule has 0 saturated carbocycles. The molecule has 0 bridgehead atoms. The number of carboxylic acid groups (broad SMARTS) is 1. The van der Waals surface area contributed by atoms with Crippen LogP contribution in [-0.4, -0.2) is 23.7 Å². The third-order valence-electron chi connectivity index (χ3n) is 2.81. The highest BCUT2D eigenvalue weighted by Gasteiger charge is 2.32. The first-order chi connectivity index (χ1) is 7.68. The first kappa shape index (κ1) is 11.0. The van der Waals surface area contributed by atoms with Crippen LogP contribution < -0.4 is 10.9 Å². The molecular weight excluding hydrogens is 211 g/mol. The molecule has 0 spiro atoms. The molecule has 16 heavy (non-hydrogen) atoms. The summed E-state index contributed by atoms with van der Waals surface area (Å²) in [5, 5.41) is 8.96. The molecule has 1 aromatic carbocycles. The molecule has 1 aliphatic rings. The first-order valence-corrected chi connectivity index (χ1v) is 5.13. The Morgan fingerprint density at radius 2 is 2.25 bits per heavy atom. The van der Waals surface area contributed by atoms with Crippen molar-refractivity contribution in [3.05, 3.63) is 35.6 Å². The van der Waals surface area contributed by atoms with Crippen LogP contribution in [0.2, 0.25) is 0 Å². The zero-order valence-electron chi connectivity index (χ0n) is 8.61. The van der Waals surface area contributed by atoms with Crippen molar-refractivity contribution in [2.45, 2.75) is 12.5 Å². The van der Waals surface area contributed by atoms with Crippen LogP contribution in [0.25, 0.3) is 0 Å². The number of rotatable bonds is 3. The van der Waals surface area contributed by atoms with Gasteiger partial charge in [0, 0.05) is 12.6 Å². The number of nitrogens with one attached hydrogen (secondary N) is 2. The molecule has 5 heteroatoms. The van der Waals surface area contributed by atoms with Crippen molar-refractivity contribution in [1.29, 1.82) is 0 Å². The Labute approximate surface area is 92.4 Å². The molecule has 0 radical (unpaired) electrons. The highest BCUT2D eigenvalue weighted by molar-refractivity contribution is 5.71. The van der Waals surface area contributed by atoms with E-state index in [-0.39, 0.29) is 11.9 Å². The number of carboxylic acids is 1. The second kappa shape index (κ2) is 4.59. The van der Waals surface area contributed by atoms with E-state index < -0.39 is 11.9 Å². The fraction of sp³-hybridized carbons (Fsp3) is 0.364. The number of halogens is 1. The topological polar surface area (TPSA) is 61.4 Å². The SMILES string of the molecule is O=C(O)C1CNNC1Cc1ccccc1F. The zero-order chi connectivity index (χ0) is 11.5. The number of aliphatic carboxylic acids is 1. The summed E-state index contributed by atoms with van der Waals surface area (Å²) in [7, 11) is 0. The maximum Gasteiger partial charge on any atom is 0.309 e. The van der Waals surface area contributed by atoms with E-state index in [4.69, 9.17) is 5.11 Å². The lowest BCUT2D eigenvalue weighted by Crippen LogP contribution is -2.36. The molecule has 86 valence electrons. The van der Waals surface area contributed by atoms with Crippen LogP contribution in [0.3, 0.4) is 0 Å². The summed E-state index contributed by atoms with van der Waals surface area (Å²) in [6.45, 7) is 0.369. The smallest absolute Gasteiger partial charge is 0.309 e. The van der Waals surface area contributed by atoms with Crippen LogP contribution in [-0.2, 0) is 11.2 Å². The summed E-state index contributed by atoms with van der Waals surface area (Å²) in [5.41, 5.74) is 6.19. The number of benzene rings is 1. The Balaban J connectivity index is 2.10. The summed E-state index contributed by atoms with van der Waals surface area (Å²) < 4.78 is 13.4. The van der Waals surface area contributed by atoms with E-state index in [1.807, 2.05) is 0 Å². The van der Waals surface area contributed by atoms with Gasteiger partial charge in [0.25, 0.3) is 0 Å². The minimum absolute atomic E-state index is 0.269. The summed E-state index contributed by atoms with van der Waals surface area (Å²) in [6.07, 6.45) is 0.372. The maximum absolute atomic E-state index is 13.4. The Hall–Kier alpha value is -1.46. The first-order valence-electron chi connectivity index (χ1n) is 5.13. The monoisotopic (exact) mass is 224 g/mol. The summed E-state index contributed by atoms with van der Waals surface area (Å²) in [6, 6.07) is 6.15. The second-order valence-electron chi connectivity index (χ2n) is 3.87. The van der Waals surface area contributed by atoms with Crippen LogP contribution in [0.1, 0.15) is 5.56 Å². The molecule has 1 aliphatic heterocycles. The van der Waals surface area contributed by atoms with Crippen molar-refractivity contribution >= 4 is 5.97 Å². The van der Waals surface area contributed by atoms with Gasteiger partial charge >= 0.3 is 5.97 Å². The normalized spacial score (nSPS) is 24.6. The number of hydrazine groups is 1. The molecule has 1 fully saturated rings. The predicted octanol–water partition coefficient (Wildman–Crippen LogP) is 0.545. The van der Waals surface area contributed by atoms with Gasteiger partial charge in [-0.05, 0) is 18.1 Å². The van der Waals surface area contributed by atoms with Crippen molar-refractivity contribution in [3.8, 4) is 0 Å². The van der Waals surface area contributed by atoms with Crippen molar-refractivity contribution in [2.75, 3.05) is 6.54 Å². The molecule has 1 saturated heterocycles.